The van der Waals surface area contributed by atoms with Crippen molar-refractivity contribution in [2.45, 2.75) is 5.75 Å². The van der Waals surface area contributed by atoms with Crippen molar-refractivity contribution in [2.24, 2.45) is 5.10 Å². The number of ether oxygens (including phenoxy) is 2. The molecule has 0 saturated heterocycles. The largest absolute Gasteiger partial charge is 0.493 e. The van der Waals surface area contributed by atoms with Gasteiger partial charge in [0.15, 0.2) is 11.5 Å². The van der Waals surface area contributed by atoms with E-state index in [1.807, 2.05) is 6.07 Å². The smallest absolute Gasteiger partial charge is 0.251 e. The molecule has 0 spiro atoms. The van der Waals surface area contributed by atoms with Gasteiger partial charge in [-0.2, -0.15) is 13.8 Å². The molecule has 0 unspecified atom stereocenters. The zero-order valence-corrected chi connectivity index (χ0v) is 15.5. The molecule has 0 saturated carbocycles. The average Bonchev–Trinajstić information content (AvgIpc) is 3.03. The molecule has 26 heavy (non-hydrogen) atoms. The summed E-state index contributed by atoms with van der Waals surface area (Å²) in [7, 11) is -0.501. The first-order valence-corrected chi connectivity index (χ1v) is 9.94. The Bertz CT molecular complexity index is 1140. The molecule has 1 N–H and O–H groups in total. The second kappa shape index (κ2) is 6.22. The number of sulfonamides is 1. The molecule has 1 aliphatic heterocycles. The number of fused-ring (bicyclic) bond motifs is 2. The zero-order valence-electron chi connectivity index (χ0n) is 13.9. The Labute approximate surface area is 153 Å². The van der Waals surface area contributed by atoms with Crippen molar-refractivity contribution in [2.75, 3.05) is 14.2 Å². The van der Waals surface area contributed by atoms with Crippen LogP contribution < -0.4 is 14.3 Å². The maximum Gasteiger partial charge on any atom is 0.251 e. The van der Waals surface area contributed by atoms with Gasteiger partial charge in [0, 0.05) is 11.1 Å². The molecule has 134 valence electrons. The van der Waals surface area contributed by atoms with Crippen LogP contribution in [0.3, 0.4) is 0 Å². The number of hydrazone groups is 1. The minimum Gasteiger partial charge on any atom is -0.493 e. The summed E-state index contributed by atoms with van der Waals surface area (Å²) in [5.74, 6) is 0.916. The molecule has 0 aliphatic carbocycles. The number of benzene rings is 2. The van der Waals surface area contributed by atoms with Gasteiger partial charge in [0.05, 0.1) is 37.4 Å². The summed E-state index contributed by atoms with van der Waals surface area (Å²) in [5, 5.41) is 4.15. The van der Waals surface area contributed by atoms with Gasteiger partial charge in [-0.1, -0.05) is 0 Å². The van der Waals surface area contributed by atoms with Crippen LogP contribution in [0.1, 0.15) is 16.7 Å². The van der Waals surface area contributed by atoms with Crippen molar-refractivity contribution in [3.05, 3.63) is 47.0 Å². The fourth-order valence-electron chi connectivity index (χ4n) is 2.83. The van der Waals surface area contributed by atoms with E-state index in [9.17, 15) is 8.42 Å². The molecule has 2 aromatic carbocycles. The highest BCUT2D eigenvalue weighted by Crippen LogP contribution is 2.31. The number of nitrogens with zero attached hydrogens (tertiary/aromatic N) is 3. The second-order valence-corrected chi connectivity index (χ2v) is 7.87. The normalized spacial score (nSPS) is 15.5. The van der Waals surface area contributed by atoms with E-state index in [0.29, 0.717) is 44.9 Å². The van der Waals surface area contributed by atoms with Crippen molar-refractivity contribution in [3.63, 3.8) is 0 Å². The van der Waals surface area contributed by atoms with E-state index in [2.05, 4.69) is 18.7 Å². The molecule has 4 rings (SSSR count). The Morgan fingerprint density at radius 2 is 1.77 bits per heavy atom. The van der Waals surface area contributed by atoms with Gasteiger partial charge in [0.25, 0.3) is 10.0 Å². The fraction of sp³-hybridized carbons (Fsp3) is 0.188. The molecule has 0 atom stereocenters. The van der Waals surface area contributed by atoms with E-state index in [0.717, 1.165) is 11.7 Å². The molecule has 0 amide bonds. The quantitative estimate of drug-likeness (QED) is 0.733. The lowest BCUT2D eigenvalue weighted by Gasteiger charge is -2.12. The van der Waals surface area contributed by atoms with E-state index in [-0.39, 0.29) is 5.75 Å². The molecule has 1 aromatic heterocycles. The number of methoxy groups -OCH3 is 2. The molecule has 2 heterocycles. The average molecular weight is 390 g/mol. The van der Waals surface area contributed by atoms with Gasteiger partial charge in [-0.05, 0) is 35.9 Å². The molecular formula is C16H14N4O4S2. The lowest BCUT2D eigenvalue weighted by molar-refractivity contribution is 0.355. The van der Waals surface area contributed by atoms with Crippen molar-refractivity contribution in [3.8, 4) is 11.5 Å². The van der Waals surface area contributed by atoms with E-state index < -0.39 is 10.0 Å². The first-order valence-electron chi connectivity index (χ1n) is 7.56. The number of hydrogen-bond donors (Lipinski definition) is 1. The fourth-order valence-corrected chi connectivity index (χ4v) is 4.28. The van der Waals surface area contributed by atoms with Crippen molar-refractivity contribution < 1.29 is 17.9 Å². The summed E-state index contributed by atoms with van der Waals surface area (Å²) in [4.78, 5) is 2.28. The molecular weight excluding hydrogens is 376 g/mol. The van der Waals surface area contributed by atoms with Gasteiger partial charge >= 0.3 is 0 Å². The Morgan fingerprint density at radius 3 is 2.50 bits per heavy atom. The minimum absolute atomic E-state index is 0.184. The van der Waals surface area contributed by atoms with E-state index in [1.165, 1.54) is 7.11 Å². The van der Waals surface area contributed by atoms with Crippen LogP contribution in [0.25, 0.3) is 11.0 Å². The summed E-state index contributed by atoms with van der Waals surface area (Å²) in [6.07, 6.45) is 0. The highest BCUT2D eigenvalue weighted by molar-refractivity contribution is 7.88. The number of aromatic nitrogens is 2. The van der Waals surface area contributed by atoms with Crippen LogP contribution >= 0.6 is 11.7 Å². The van der Waals surface area contributed by atoms with E-state index >= 15 is 0 Å². The first kappa shape index (κ1) is 16.7. The highest BCUT2D eigenvalue weighted by Gasteiger charge is 2.24. The summed E-state index contributed by atoms with van der Waals surface area (Å²) < 4.78 is 43.5. The Hall–Kier alpha value is -2.72. The lowest BCUT2D eigenvalue weighted by Crippen LogP contribution is -2.18. The Balaban J connectivity index is 1.95. The van der Waals surface area contributed by atoms with Gasteiger partial charge in [-0.15, -0.1) is 0 Å². The topological polar surface area (TPSA) is 103 Å². The van der Waals surface area contributed by atoms with Gasteiger partial charge < -0.3 is 9.47 Å². The third kappa shape index (κ3) is 2.86. The second-order valence-electron chi connectivity index (χ2n) is 5.64. The molecule has 0 fully saturated rings. The summed E-state index contributed by atoms with van der Waals surface area (Å²) in [6, 6.07) is 8.86. The van der Waals surface area contributed by atoms with Crippen LogP contribution in [0.2, 0.25) is 0 Å². The third-order valence-corrected chi connectivity index (χ3v) is 5.65. The maximum atomic E-state index is 12.2. The maximum absolute atomic E-state index is 12.2. The Morgan fingerprint density at radius 1 is 1.04 bits per heavy atom. The number of rotatable bonds is 3. The number of nitrogens with one attached hydrogen (secondary N) is 1. The van der Waals surface area contributed by atoms with Crippen LogP contribution in [-0.2, 0) is 15.8 Å². The molecule has 0 bridgehead atoms. The molecule has 0 radical (unpaired) electrons. The van der Waals surface area contributed by atoms with Gasteiger partial charge in [-0.25, -0.2) is 13.2 Å². The van der Waals surface area contributed by atoms with E-state index in [4.69, 9.17) is 9.47 Å². The number of hydrogen-bond acceptors (Lipinski definition) is 8. The van der Waals surface area contributed by atoms with Gasteiger partial charge in [0.2, 0.25) is 0 Å². The highest BCUT2D eigenvalue weighted by atomic mass is 32.2. The SMILES string of the molecule is COc1ccc(C2=NNS(=O)(=O)Cc3cc4nsnc4cc32)cc1OC. The zero-order chi connectivity index (χ0) is 18.3. The van der Waals surface area contributed by atoms with Crippen LogP contribution in [-0.4, -0.2) is 37.1 Å². The first-order chi connectivity index (χ1) is 12.5. The van der Waals surface area contributed by atoms with Crippen molar-refractivity contribution in [1.29, 1.82) is 0 Å². The molecule has 1 aliphatic rings. The summed E-state index contributed by atoms with van der Waals surface area (Å²) in [6.45, 7) is 0. The van der Waals surface area contributed by atoms with Crippen molar-refractivity contribution >= 4 is 38.5 Å². The predicted octanol–water partition coefficient (Wildman–Crippen LogP) is 1.89. The van der Waals surface area contributed by atoms with Crippen LogP contribution in [0, 0.1) is 0 Å². The standard InChI is InChI=1S/C16H14N4O4S2/c1-23-14-4-3-9(6-15(14)24-2)16-11-7-13-12(18-25-19-13)5-10(11)8-26(21,22)20-17-16/h3-7,20H,8H2,1-2H3. The van der Waals surface area contributed by atoms with E-state index in [1.54, 1.807) is 31.4 Å². The molecule has 3 aromatic rings. The summed E-state index contributed by atoms with van der Waals surface area (Å²) in [5.41, 5.74) is 3.83. The Kier molecular flexibility index (Phi) is 4.00. The molecule has 10 heteroatoms. The van der Waals surface area contributed by atoms with Gasteiger partial charge in [0.1, 0.15) is 11.0 Å². The van der Waals surface area contributed by atoms with Crippen molar-refractivity contribution in [1.82, 2.24) is 13.6 Å². The lowest BCUT2D eigenvalue weighted by atomic mass is 9.97. The monoisotopic (exact) mass is 390 g/mol. The minimum atomic E-state index is -3.59. The van der Waals surface area contributed by atoms with Crippen LogP contribution in [0.15, 0.2) is 35.4 Å². The van der Waals surface area contributed by atoms with Crippen LogP contribution in [0.5, 0.6) is 11.5 Å². The third-order valence-electron chi connectivity index (χ3n) is 4.03. The van der Waals surface area contributed by atoms with Gasteiger partial charge in [-0.3, -0.25) is 0 Å². The summed E-state index contributed by atoms with van der Waals surface area (Å²) >= 11 is 1.08. The van der Waals surface area contributed by atoms with Crippen LogP contribution in [0.4, 0.5) is 0 Å². The molecule has 8 nitrogen and oxygen atoms in total. The predicted molar refractivity (Wildman–Crippen MR) is 98.4 cm³/mol.